The molecule has 1 unspecified atom stereocenters. The van der Waals surface area contributed by atoms with E-state index < -0.39 is 15.9 Å². The molecule has 0 aliphatic heterocycles. The Labute approximate surface area is 109 Å². The summed E-state index contributed by atoms with van der Waals surface area (Å²) in [4.78, 5) is 0.299. The lowest BCUT2D eigenvalue weighted by Gasteiger charge is -2.13. The summed E-state index contributed by atoms with van der Waals surface area (Å²) >= 11 is 0. The number of hydrogen-bond donors (Lipinski definition) is 1. The van der Waals surface area contributed by atoms with Gasteiger partial charge < -0.3 is 5.11 Å². The molecule has 0 radical (unpaired) electrons. The predicted octanol–water partition coefficient (Wildman–Crippen LogP) is 2.49. The van der Waals surface area contributed by atoms with Crippen molar-refractivity contribution >= 4 is 9.84 Å². The van der Waals surface area contributed by atoms with Crippen molar-refractivity contribution < 1.29 is 13.5 Å². The molecule has 4 heteroatoms. The topological polar surface area (TPSA) is 54.4 Å². The number of rotatable bonds is 4. The molecule has 100 valence electrons. The molecule has 0 saturated heterocycles. The van der Waals surface area contributed by atoms with Crippen molar-refractivity contribution in [2.24, 2.45) is 0 Å². The third kappa shape index (κ3) is 3.68. The Kier molecular flexibility index (Phi) is 4.71. The molecule has 3 nitrogen and oxygen atoms in total. The number of aryl methyl sites for hydroxylation is 1. The standard InChI is InChI=1S/C14H20O3S/c1-10(2)14(12(4)15)9-18(16,17)13-7-5-11(3)6-8-13/h5-8,12,15H,9H2,1-4H3. The first-order chi connectivity index (χ1) is 8.24. The van der Waals surface area contributed by atoms with E-state index in [0.29, 0.717) is 10.5 Å². The van der Waals surface area contributed by atoms with Gasteiger partial charge in [-0.05, 0) is 45.4 Å². The van der Waals surface area contributed by atoms with Gasteiger partial charge in [-0.2, -0.15) is 0 Å². The van der Waals surface area contributed by atoms with Crippen molar-refractivity contribution in [3.05, 3.63) is 41.0 Å². The fourth-order valence-corrected chi connectivity index (χ4v) is 3.37. The molecule has 1 aromatic carbocycles. The van der Waals surface area contributed by atoms with E-state index in [1.807, 2.05) is 20.8 Å². The first-order valence-electron chi connectivity index (χ1n) is 5.88. The molecule has 1 atom stereocenters. The number of sulfone groups is 1. The second-order valence-electron chi connectivity index (χ2n) is 4.77. The molecule has 0 aliphatic carbocycles. The van der Waals surface area contributed by atoms with Crippen LogP contribution in [0.2, 0.25) is 0 Å². The van der Waals surface area contributed by atoms with Crippen LogP contribution < -0.4 is 0 Å². The zero-order valence-electron chi connectivity index (χ0n) is 11.3. The van der Waals surface area contributed by atoms with Gasteiger partial charge in [-0.15, -0.1) is 0 Å². The van der Waals surface area contributed by atoms with Crippen molar-refractivity contribution in [3.8, 4) is 0 Å². The van der Waals surface area contributed by atoms with Gasteiger partial charge in [0.25, 0.3) is 0 Å². The van der Waals surface area contributed by atoms with Crippen molar-refractivity contribution in [2.45, 2.75) is 38.7 Å². The van der Waals surface area contributed by atoms with Gasteiger partial charge in [0, 0.05) is 0 Å². The van der Waals surface area contributed by atoms with Crippen LogP contribution in [-0.2, 0) is 9.84 Å². The maximum Gasteiger partial charge on any atom is 0.182 e. The molecule has 0 bridgehead atoms. The van der Waals surface area contributed by atoms with Crippen molar-refractivity contribution in [1.82, 2.24) is 0 Å². The zero-order valence-corrected chi connectivity index (χ0v) is 12.1. The number of allylic oxidation sites excluding steroid dienone is 1. The normalized spacial score (nSPS) is 13.2. The van der Waals surface area contributed by atoms with Crippen LogP contribution in [0.25, 0.3) is 0 Å². The number of hydrogen-bond acceptors (Lipinski definition) is 3. The highest BCUT2D eigenvalue weighted by molar-refractivity contribution is 7.91. The van der Waals surface area contributed by atoms with Gasteiger partial charge in [0.15, 0.2) is 9.84 Å². The lowest BCUT2D eigenvalue weighted by molar-refractivity contribution is 0.230. The van der Waals surface area contributed by atoms with E-state index in [-0.39, 0.29) is 5.75 Å². The Bertz CT molecular complexity index is 533. The van der Waals surface area contributed by atoms with Crippen LogP contribution in [0.15, 0.2) is 40.3 Å². The molecule has 1 rings (SSSR count). The second-order valence-corrected chi connectivity index (χ2v) is 6.76. The SMILES string of the molecule is CC(C)=C(CS(=O)(=O)c1ccc(C)cc1)C(C)O. The molecule has 1 aromatic rings. The Morgan fingerprint density at radius 1 is 1.22 bits per heavy atom. The third-order valence-electron chi connectivity index (χ3n) is 2.87. The van der Waals surface area contributed by atoms with Gasteiger partial charge in [-0.1, -0.05) is 23.3 Å². The average molecular weight is 268 g/mol. The minimum atomic E-state index is -3.38. The minimum Gasteiger partial charge on any atom is -0.389 e. The Hall–Kier alpha value is -1.13. The van der Waals surface area contributed by atoms with Gasteiger partial charge in [-0.3, -0.25) is 0 Å². The Balaban J connectivity index is 3.09. The molecule has 0 spiro atoms. The highest BCUT2D eigenvalue weighted by Gasteiger charge is 2.19. The van der Waals surface area contributed by atoms with E-state index in [1.165, 1.54) is 0 Å². The highest BCUT2D eigenvalue weighted by Crippen LogP contribution is 2.18. The van der Waals surface area contributed by atoms with E-state index in [0.717, 1.165) is 11.1 Å². The van der Waals surface area contributed by atoms with Crippen LogP contribution in [0.3, 0.4) is 0 Å². The summed E-state index contributed by atoms with van der Waals surface area (Å²) in [7, 11) is -3.38. The maximum atomic E-state index is 12.2. The summed E-state index contributed by atoms with van der Waals surface area (Å²) in [5, 5.41) is 9.61. The quantitative estimate of drug-likeness (QED) is 0.854. The summed E-state index contributed by atoms with van der Waals surface area (Å²) < 4.78 is 24.4. The van der Waals surface area contributed by atoms with Crippen LogP contribution in [0.4, 0.5) is 0 Å². The summed E-state index contributed by atoms with van der Waals surface area (Å²) in [6.07, 6.45) is -0.741. The molecule has 0 heterocycles. The van der Waals surface area contributed by atoms with Crippen LogP contribution in [0, 0.1) is 6.92 Å². The summed E-state index contributed by atoms with van der Waals surface area (Å²) in [5.41, 5.74) is 2.43. The molecule has 0 aliphatic rings. The largest absolute Gasteiger partial charge is 0.389 e. The smallest absolute Gasteiger partial charge is 0.182 e. The summed E-state index contributed by atoms with van der Waals surface area (Å²) in [5.74, 6) is -0.129. The summed E-state index contributed by atoms with van der Waals surface area (Å²) in [6.45, 7) is 7.13. The molecular formula is C14H20O3S. The molecular weight excluding hydrogens is 248 g/mol. The highest BCUT2D eigenvalue weighted by atomic mass is 32.2. The van der Waals surface area contributed by atoms with Crippen molar-refractivity contribution in [2.75, 3.05) is 5.75 Å². The summed E-state index contributed by atoms with van der Waals surface area (Å²) in [6, 6.07) is 6.76. The predicted molar refractivity (Wildman–Crippen MR) is 73.3 cm³/mol. The molecule has 0 amide bonds. The molecule has 18 heavy (non-hydrogen) atoms. The monoisotopic (exact) mass is 268 g/mol. The molecule has 0 fully saturated rings. The van der Waals surface area contributed by atoms with Gasteiger partial charge in [0.2, 0.25) is 0 Å². The Morgan fingerprint density at radius 3 is 2.11 bits per heavy atom. The van der Waals surface area contributed by atoms with E-state index in [4.69, 9.17) is 0 Å². The Morgan fingerprint density at radius 2 is 1.72 bits per heavy atom. The van der Waals surface area contributed by atoms with Crippen LogP contribution in [0.5, 0.6) is 0 Å². The van der Waals surface area contributed by atoms with E-state index in [1.54, 1.807) is 31.2 Å². The lowest BCUT2D eigenvalue weighted by atomic mass is 10.1. The first-order valence-corrected chi connectivity index (χ1v) is 7.53. The maximum absolute atomic E-state index is 12.2. The first kappa shape index (κ1) is 14.9. The number of aliphatic hydroxyl groups is 1. The van der Waals surface area contributed by atoms with Crippen LogP contribution in [0.1, 0.15) is 26.3 Å². The zero-order chi connectivity index (χ0) is 13.9. The fraction of sp³-hybridized carbons (Fsp3) is 0.429. The average Bonchev–Trinajstić information content (AvgIpc) is 2.26. The van der Waals surface area contributed by atoms with Crippen molar-refractivity contribution in [3.63, 3.8) is 0 Å². The van der Waals surface area contributed by atoms with Gasteiger partial charge >= 0.3 is 0 Å². The van der Waals surface area contributed by atoms with E-state index in [9.17, 15) is 13.5 Å². The minimum absolute atomic E-state index is 0.129. The third-order valence-corrected chi connectivity index (χ3v) is 4.55. The number of benzene rings is 1. The van der Waals surface area contributed by atoms with Crippen molar-refractivity contribution in [1.29, 1.82) is 0 Å². The van der Waals surface area contributed by atoms with E-state index in [2.05, 4.69) is 0 Å². The van der Waals surface area contributed by atoms with Crippen LogP contribution >= 0.6 is 0 Å². The second kappa shape index (κ2) is 5.67. The molecule has 0 saturated carbocycles. The van der Waals surface area contributed by atoms with E-state index >= 15 is 0 Å². The molecule has 0 aromatic heterocycles. The lowest BCUT2D eigenvalue weighted by Crippen LogP contribution is -2.17. The fourth-order valence-electron chi connectivity index (χ4n) is 1.72. The van der Waals surface area contributed by atoms with Crippen LogP contribution in [-0.4, -0.2) is 25.4 Å². The number of aliphatic hydroxyl groups excluding tert-OH is 1. The molecule has 1 N–H and O–H groups in total. The van der Waals surface area contributed by atoms with Gasteiger partial charge in [0.1, 0.15) is 0 Å². The van der Waals surface area contributed by atoms with Gasteiger partial charge in [-0.25, -0.2) is 8.42 Å². The van der Waals surface area contributed by atoms with Gasteiger partial charge in [0.05, 0.1) is 16.8 Å².